The van der Waals surface area contributed by atoms with Gasteiger partial charge in [-0.15, -0.1) is 0 Å². The predicted molar refractivity (Wildman–Crippen MR) is 67.6 cm³/mol. The molecule has 3 nitrogen and oxygen atoms in total. The van der Waals surface area contributed by atoms with Crippen molar-refractivity contribution in [3.8, 4) is 0 Å². The Morgan fingerprint density at radius 1 is 1.56 bits per heavy atom. The third-order valence-corrected chi connectivity index (χ3v) is 3.37. The molecule has 0 bridgehead atoms. The lowest BCUT2D eigenvalue weighted by Gasteiger charge is -2.36. The van der Waals surface area contributed by atoms with E-state index in [0.717, 1.165) is 12.2 Å². The molecule has 0 saturated heterocycles. The van der Waals surface area contributed by atoms with Gasteiger partial charge in [-0.3, -0.25) is 0 Å². The molecule has 0 spiro atoms. The van der Waals surface area contributed by atoms with Crippen LogP contribution in [0.2, 0.25) is 0 Å². The zero-order chi connectivity index (χ0) is 11.5. The van der Waals surface area contributed by atoms with Crippen molar-refractivity contribution in [2.24, 2.45) is 5.73 Å². The summed E-state index contributed by atoms with van der Waals surface area (Å²) in [6.07, 6.45) is 6.72. The molecule has 88 valence electrons. The van der Waals surface area contributed by atoms with E-state index < -0.39 is 0 Å². The zero-order valence-corrected chi connectivity index (χ0v) is 10.2. The molecule has 1 saturated carbocycles. The topological polar surface area (TPSA) is 42.1 Å². The van der Waals surface area contributed by atoms with E-state index in [1.807, 2.05) is 19.2 Å². The Labute approximate surface area is 97.7 Å². The van der Waals surface area contributed by atoms with Crippen molar-refractivity contribution in [2.45, 2.75) is 44.7 Å². The van der Waals surface area contributed by atoms with Gasteiger partial charge in [-0.05, 0) is 44.2 Å². The summed E-state index contributed by atoms with van der Waals surface area (Å²) in [4.78, 5) is 6.83. The lowest BCUT2D eigenvalue weighted by molar-refractivity contribution is 0.398. The molecule has 2 rings (SSSR count). The highest BCUT2D eigenvalue weighted by Crippen LogP contribution is 2.29. The summed E-state index contributed by atoms with van der Waals surface area (Å²) in [5.74, 6) is 1.12. The number of pyridine rings is 1. The first kappa shape index (κ1) is 11.4. The molecule has 0 aromatic carbocycles. The summed E-state index contributed by atoms with van der Waals surface area (Å²) in [6, 6.07) is 5.01. The van der Waals surface area contributed by atoms with Crippen molar-refractivity contribution in [3.63, 3.8) is 0 Å². The van der Waals surface area contributed by atoms with Gasteiger partial charge in [0.1, 0.15) is 5.82 Å². The lowest BCUT2D eigenvalue weighted by atomic mass is 9.91. The van der Waals surface area contributed by atoms with Gasteiger partial charge in [0.15, 0.2) is 0 Å². The number of nitrogens with two attached hydrogens (primary N) is 1. The van der Waals surface area contributed by atoms with Gasteiger partial charge in [-0.25, -0.2) is 4.98 Å². The summed E-state index contributed by atoms with van der Waals surface area (Å²) in [7, 11) is 2.15. The average molecular weight is 219 g/mol. The maximum Gasteiger partial charge on any atom is 0.131 e. The zero-order valence-electron chi connectivity index (χ0n) is 10.2. The van der Waals surface area contributed by atoms with Gasteiger partial charge in [0.25, 0.3) is 0 Å². The Morgan fingerprint density at radius 2 is 2.31 bits per heavy atom. The molecule has 1 atom stereocenters. The number of aromatic nitrogens is 1. The molecular formula is C13H21N3. The van der Waals surface area contributed by atoms with E-state index in [2.05, 4.69) is 23.0 Å². The molecule has 16 heavy (non-hydrogen) atoms. The van der Waals surface area contributed by atoms with Crippen LogP contribution in [-0.2, 0) is 6.42 Å². The minimum absolute atomic E-state index is 0.192. The maximum atomic E-state index is 5.87. The second-order valence-corrected chi connectivity index (χ2v) is 4.86. The van der Waals surface area contributed by atoms with E-state index in [9.17, 15) is 0 Å². The van der Waals surface area contributed by atoms with Gasteiger partial charge in [0.2, 0.25) is 0 Å². The molecule has 1 aromatic rings. The van der Waals surface area contributed by atoms with Crippen molar-refractivity contribution in [2.75, 3.05) is 11.9 Å². The monoisotopic (exact) mass is 219 g/mol. The Morgan fingerprint density at radius 3 is 2.88 bits per heavy atom. The van der Waals surface area contributed by atoms with Gasteiger partial charge in [-0.1, -0.05) is 6.07 Å². The quantitative estimate of drug-likeness (QED) is 0.841. The van der Waals surface area contributed by atoms with Crippen molar-refractivity contribution >= 4 is 5.82 Å². The van der Waals surface area contributed by atoms with Crippen LogP contribution in [0.3, 0.4) is 0 Å². The molecule has 2 N–H and O–H groups in total. The van der Waals surface area contributed by atoms with Crippen LogP contribution < -0.4 is 10.6 Å². The molecule has 0 amide bonds. The van der Waals surface area contributed by atoms with Crippen molar-refractivity contribution in [1.82, 2.24) is 4.98 Å². The van der Waals surface area contributed by atoms with Gasteiger partial charge < -0.3 is 10.6 Å². The van der Waals surface area contributed by atoms with Crippen LogP contribution in [0, 0.1) is 0 Å². The molecule has 1 heterocycles. The van der Waals surface area contributed by atoms with E-state index in [4.69, 9.17) is 5.73 Å². The molecular weight excluding hydrogens is 198 g/mol. The average Bonchev–Trinajstić information content (AvgIpc) is 2.14. The van der Waals surface area contributed by atoms with Gasteiger partial charge in [0.05, 0.1) is 0 Å². The van der Waals surface area contributed by atoms with Gasteiger partial charge >= 0.3 is 0 Å². The summed E-state index contributed by atoms with van der Waals surface area (Å²) >= 11 is 0. The minimum Gasteiger partial charge on any atom is -0.356 e. The summed E-state index contributed by atoms with van der Waals surface area (Å²) in [6.45, 7) is 2.04. The number of hydrogen-bond donors (Lipinski definition) is 1. The Hall–Kier alpha value is -1.09. The Bertz CT molecular complexity index is 345. The second kappa shape index (κ2) is 4.83. The molecule has 1 aromatic heterocycles. The molecule has 0 radical (unpaired) electrons. The first-order valence-electron chi connectivity index (χ1n) is 6.11. The number of hydrogen-bond acceptors (Lipinski definition) is 3. The highest BCUT2D eigenvalue weighted by Gasteiger charge is 2.24. The fourth-order valence-electron chi connectivity index (χ4n) is 2.20. The second-order valence-electron chi connectivity index (χ2n) is 4.86. The van der Waals surface area contributed by atoms with Crippen LogP contribution in [0.5, 0.6) is 0 Å². The molecule has 3 heteroatoms. The van der Waals surface area contributed by atoms with E-state index in [1.165, 1.54) is 24.8 Å². The van der Waals surface area contributed by atoms with E-state index in [0.29, 0.717) is 6.04 Å². The SMILES string of the molecule is CC(N)Cc1cccnc1N(C)C1CCC1. The van der Waals surface area contributed by atoms with E-state index in [1.54, 1.807) is 0 Å². The van der Waals surface area contributed by atoms with Gasteiger partial charge in [-0.2, -0.15) is 0 Å². The highest BCUT2D eigenvalue weighted by molar-refractivity contribution is 5.47. The third-order valence-electron chi connectivity index (χ3n) is 3.37. The number of rotatable bonds is 4. The molecule has 1 aliphatic rings. The fraction of sp³-hybridized carbons (Fsp3) is 0.615. The predicted octanol–water partition coefficient (Wildman–Crippen LogP) is 1.96. The standard InChI is InChI=1S/C13H21N3/c1-10(14)9-11-5-4-8-15-13(11)16(2)12-6-3-7-12/h4-5,8,10,12H,3,6-7,9,14H2,1-2H3. The molecule has 1 aliphatic carbocycles. The third kappa shape index (κ3) is 2.35. The van der Waals surface area contributed by atoms with Crippen LogP contribution in [0.15, 0.2) is 18.3 Å². The van der Waals surface area contributed by atoms with Crippen LogP contribution in [0.1, 0.15) is 31.7 Å². The van der Waals surface area contributed by atoms with Crippen LogP contribution in [0.25, 0.3) is 0 Å². The van der Waals surface area contributed by atoms with Crippen LogP contribution in [0.4, 0.5) is 5.82 Å². The smallest absolute Gasteiger partial charge is 0.131 e. The first-order valence-corrected chi connectivity index (χ1v) is 6.11. The number of nitrogens with zero attached hydrogens (tertiary/aromatic N) is 2. The largest absolute Gasteiger partial charge is 0.356 e. The van der Waals surface area contributed by atoms with E-state index >= 15 is 0 Å². The summed E-state index contributed by atoms with van der Waals surface area (Å²) in [5, 5.41) is 0. The normalized spacial score (nSPS) is 17.9. The Balaban J connectivity index is 2.17. The minimum atomic E-state index is 0.192. The van der Waals surface area contributed by atoms with Crippen molar-refractivity contribution in [3.05, 3.63) is 23.9 Å². The molecule has 0 aliphatic heterocycles. The number of anilines is 1. The van der Waals surface area contributed by atoms with Gasteiger partial charge in [0, 0.05) is 25.3 Å². The maximum absolute atomic E-state index is 5.87. The van der Waals surface area contributed by atoms with Crippen molar-refractivity contribution < 1.29 is 0 Å². The summed E-state index contributed by atoms with van der Waals surface area (Å²) in [5.41, 5.74) is 7.14. The van der Waals surface area contributed by atoms with Crippen LogP contribution in [-0.4, -0.2) is 24.1 Å². The molecule has 1 fully saturated rings. The van der Waals surface area contributed by atoms with E-state index in [-0.39, 0.29) is 6.04 Å². The first-order chi connectivity index (χ1) is 7.68. The Kier molecular flexibility index (Phi) is 3.44. The van der Waals surface area contributed by atoms with Crippen molar-refractivity contribution in [1.29, 1.82) is 0 Å². The summed E-state index contributed by atoms with van der Waals surface area (Å²) < 4.78 is 0. The lowest BCUT2D eigenvalue weighted by Crippen LogP contribution is -2.38. The van der Waals surface area contributed by atoms with Crippen LogP contribution >= 0.6 is 0 Å². The highest BCUT2D eigenvalue weighted by atomic mass is 15.2. The fourth-order valence-corrected chi connectivity index (χ4v) is 2.20. The molecule has 1 unspecified atom stereocenters.